The first-order valence-corrected chi connectivity index (χ1v) is 7.39. The van der Waals surface area contributed by atoms with Gasteiger partial charge in [0.25, 0.3) is 0 Å². The molecule has 0 aromatic heterocycles. The molecule has 3 rings (SSSR count). The Morgan fingerprint density at radius 3 is 2.91 bits per heavy atom. The molecule has 1 aromatic rings. The summed E-state index contributed by atoms with van der Waals surface area (Å²) in [7, 11) is 0. The lowest BCUT2D eigenvalue weighted by atomic mass is 9.95. The lowest BCUT2D eigenvalue weighted by molar-refractivity contribution is -0.150. The predicted octanol–water partition coefficient (Wildman–Crippen LogP) is 1.92. The van der Waals surface area contributed by atoms with Crippen LogP contribution >= 0.6 is 11.6 Å². The molecule has 1 amide bonds. The highest BCUT2D eigenvalue weighted by Crippen LogP contribution is 2.32. The van der Waals surface area contributed by atoms with Gasteiger partial charge < -0.3 is 14.7 Å². The number of benzene rings is 1. The first-order valence-electron chi connectivity index (χ1n) is 7.01. The third-order valence-electron chi connectivity index (χ3n) is 4.19. The molecule has 5 nitrogen and oxygen atoms in total. The Balaban J connectivity index is 1.71. The summed E-state index contributed by atoms with van der Waals surface area (Å²) in [5.74, 6) is -1.53. The van der Waals surface area contributed by atoms with Crippen LogP contribution in [-0.2, 0) is 16.0 Å². The van der Waals surface area contributed by atoms with Crippen LogP contribution in [0.4, 0.5) is 4.39 Å². The van der Waals surface area contributed by atoms with Gasteiger partial charge in [-0.05, 0) is 30.2 Å². The second-order valence-corrected chi connectivity index (χ2v) is 6.18. The van der Waals surface area contributed by atoms with Crippen molar-refractivity contribution < 1.29 is 23.8 Å². The molecule has 1 N–H and O–H groups in total. The van der Waals surface area contributed by atoms with E-state index in [2.05, 4.69) is 0 Å². The van der Waals surface area contributed by atoms with Crippen LogP contribution in [0.3, 0.4) is 0 Å². The Bertz CT molecular complexity index is 638. The lowest BCUT2D eigenvalue weighted by Gasteiger charge is -2.28. The number of fused-ring (bicyclic) bond motifs is 1. The number of carbonyl (C=O) groups is 2. The highest BCUT2D eigenvalue weighted by atomic mass is 35.5. The van der Waals surface area contributed by atoms with Crippen molar-refractivity contribution >= 4 is 23.5 Å². The van der Waals surface area contributed by atoms with Gasteiger partial charge in [-0.25, -0.2) is 9.18 Å². The predicted molar refractivity (Wildman–Crippen MR) is 76.8 cm³/mol. The molecule has 0 saturated carbocycles. The van der Waals surface area contributed by atoms with Crippen molar-refractivity contribution in [3.05, 3.63) is 28.8 Å². The zero-order valence-electron chi connectivity index (χ0n) is 11.7. The number of carboxylic acids is 1. The topological polar surface area (TPSA) is 66.8 Å². The van der Waals surface area contributed by atoms with E-state index in [0.717, 1.165) is 5.56 Å². The molecule has 2 heterocycles. The number of carbonyl (C=O) groups excluding carboxylic acids is 1. The number of ether oxygens (including phenoxy) is 1. The van der Waals surface area contributed by atoms with Gasteiger partial charge in [0.2, 0.25) is 11.6 Å². The summed E-state index contributed by atoms with van der Waals surface area (Å²) in [5, 5.41) is 9.45. The third kappa shape index (κ3) is 2.63. The second kappa shape index (κ2) is 5.43. The standard InChI is InChI=1S/C15H15ClFNO4/c16-11-1-2-12-9(6-11)5-10(7-22-12)13(19)18-4-3-15(17,8-18)14(20)21/h1-2,6,10H,3-5,7-8H2,(H,20,21). The minimum absolute atomic E-state index is 0.112. The molecule has 1 aromatic carbocycles. The zero-order valence-corrected chi connectivity index (χ0v) is 12.5. The van der Waals surface area contributed by atoms with Crippen LogP contribution in [0.25, 0.3) is 0 Å². The fourth-order valence-electron chi connectivity index (χ4n) is 2.92. The van der Waals surface area contributed by atoms with Crippen molar-refractivity contribution in [3.63, 3.8) is 0 Å². The Morgan fingerprint density at radius 1 is 1.45 bits per heavy atom. The van der Waals surface area contributed by atoms with Gasteiger partial charge >= 0.3 is 5.97 Å². The number of amides is 1. The van der Waals surface area contributed by atoms with Crippen molar-refractivity contribution in [1.29, 1.82) is 0 Å². The van der Waals surface area contributed by atoms with E-state index in [1.165, 1.54) is 4.90 Å². The number of rotatable bonds is 2. The van der Waals surface area contributed by atoms with E-state index in [9.17, 15) is 14.0 Å². The minimum atomic E-state index is -2.34. The van der Waals surface area contributed by atoms with E-state index >= 15 is 0 Å². The number of hydrogen-bond donors (Lipinski definition) is 1. The fraction of sp³-hybridized carbons (Fsp3) is 0.467. The van der Waals surface area contributed by atoms with E-state index < -0.39 is 24.1 Å². The summed E-state index contributed by atoms with van der Waals surface area (Å²) in [5.41, 5.74) is -1.51. The van der Waals surface area contributed by atoms with E-state index in [1.807, 2.05) is 0 Å². The quantitative estimate of drug-likeness (QED) is 0.901. The molecular weight excluding hydrogens is 313 g/mol. The molecule has 2 unspecified atom stereocenters. The van der Waals surface area contributed by atoms with E-state index in [4.69, 9.17) is 21.4 Å². The van der Waals surface area contributed by atoms with Crippen LogP contribution in [0.2, 0.25) is 5.02 Å². The molecule has 7 heteroatoms. The summed E-state index contributed by atoms with van der Waals surface area (Å²) in [6.45, 7) is -0.0864. The van der Waals surface area contributed by atoms with Crippen LogP contribution in [0, 0.1) is 5.92 Å². The first-order chi connectivity index (χ1) is 10.4. The minimum Gasteiger partial charge on any atom is -0.492 e. The molecule has 1 saturated heterocycles. The molecule has 0 bridgehead atoms. The maximum atomic E-state index is 14.1. The van der Waals surface area contributed by atoms with Gasteiger partial charge in [0.1, 0.15) is 12.4 Å². The van der Waals surface area contributed by atoms with Crippen molar-refractivity contribution in [2.75, 3.05) is 19.7 Å². The summed E-state index contributed by atoms with van der Waals surface area (Å²) in [4.78, 5) is 24.7. The van der Waals surface area contributed by atoms with E-state index in [-0.39, 0.29) is 25.5 Å². The normalized spacial score (nSPS) is 27.2. The second-order valence-electron chi connectivity index (χ2n) is 5.74. The molecule has 118 valence electrons. The highest BCUT2D eigenvalue weighted by molar-refractivity contribution is 6.30. The summed E-state index contributed by atoms with van der Waals surface area (Å²) < 4.78 is 19.6. The van der Waals surface area contributed by atoms with Crippen LogP contribution < -0.4 is 4.74 Å². The number of alkyl halides is 1. The molecule has 2 aliphatic heterocycles. The SMILES string of the molecule is O=C(C1COc2ccc(Cl)cc2C1)N1CCC(F)(C(=O)O)C1. The van der Waals surface area contributed by atoms with Crippen LogP contribution in [0.5, 0.6) is 5.75 Å². The third-order valence-corrected chi connectivity index (χ3v) is 4.43. The molecular formula is C15H15ClFNO4. The van der Waals surface area contributed by atoms with Gasteiger partial charge in [-0.3, -0.25) is 4.79 Å². The highest BCUT2D eigenvalue weighted by Gasteiger charge is 2.48. The maximum Gasteiger partial charge on any atom is 0.343 e. The van der Waals surface area contributed by atoms with Gasteiger partial charge in [-0.15, -0.1) is 0 Å². The summed E-state index contributed by atoms with van der Waals surface area (Å²) in [6.07, 6.45) is 0.279. The fourth-order valence-corrected chi connectivity index (χ4v) is 3.11. The zero-order chi connectivity index (χ0) is 15.9. The smallest absolute Gasteiger partial charge is 0.343 e. The first kappa shape index (κ1) is 15.1. The van der Waals surface area contributed by atoms with Crippen molar-refractivity contribution in [1.82, 2.24) is 4.90 Å². The molecule has 1 fully saturated rings. The Hall–Kier alpha value is -1.82. The average Bonchev–Trinajstić information content (AvgIpc) is 2.89. The number of hydrogen-bond acceptors (Lipinski definition) is 3. The Labute approximate surface area is 131 Å². The average molecular weight is 328 g/mol. The van der Waals surface area contributed by atoms with Crippen molar-refractivity contribution in [3.8, 4) is 5.75 Å². The van der Waals surface area contributed by atoms with Gasteiger partial charge in [0, 0.05) is 18.0 Å². The molecule has 0 spiro atoms. The molecule has 0 radical (unpaired) electrons. The lowest BCUT2D eigenvalue weighted by Crippen LogP contribution is -2.43. The van der Waals surface area contributed by atoms with Gasteiger partial charge in [-0.1, -0.05) is 11.6 Å². The number of nitrogens with zero attached hydrogens (tertiary/aromatic N) is 1. The maximum absolute atomic E-state index is 14.1. The molecule has 2 aliphatic rings. The largest absolute Gasteiger partial charge is 0.492 e. The van der Waals surface area contributed by atoms with Gasteiger partial charge in [-0.2, -0.15) is 0 Å². The van der Waals surface area contributed by atoms with Gasteiger partial charge in [0.05, 0.1) is 12.5 Å². The molecule has 22 heavy (non-hydrogen) atoms. The van der Waals surface area contributed by atoms with Crippen molar-refractivity contribution in [2.24, 2.45) is 5.92 Å². The van der Waals surface area contributed by atoms with Crippen LogP contribution in [0.1, 0.15) is 12.0 Å². The van der Waals surface area contributed by atoms with Crippen LogP contribution in [-0.4, -0.2) is 47.2 Å². The number of carboxylic acid groups (broad SMARTS) is 1. The van der Waals surface area contributed by atoms with E-state index in [0.29, 0.717) is 17.2 Å². The van der Waals surface area contributed by atoms with Crippen molar-refractivity contribution in [2.45, 2.75) is 18.5 Å². The molecule has 0 aliphatic carbocycles. The van der Waals surface area contributed by atoms with E-state index in [1.54, 1.807) is 18.2 Å². The Morgan fingerprint density at radius 2 is 2.23 bits per heavy atom. The Kier molecular flexibility index (Phi) is 3.72. The summed E-state index contributed by atoms with van der Waals surface area (Å²) in [6, 6.07) is 5.22. The summed E-state index contributed by atoms with van der Waals surface area (Å²) >= 11 is 5.94. The monoisotopic (exact) mass is 327 g/mol. The number of likely N-dealkylation sites (tertiary alicyclic amines) is 1. The number of halogens is 2. The number of aliphatic carboxylic acids is 1. The van der Waals surface area contributed by atoms with Crippen LogP contribution in [0.15, 0.2) is 18.2 Å². The van der Waals surface area contributed by atoms with Gasteiger partial charge in [0.15, 0.2) is 0 Å². The molecule has 2 atom stereocenters.